The first kappa shape index (κ1) is 12.4. The molecule has 0 radical (unpaired) electrons. The van der Waals surface area contributed by atoms with E-state index in [4.69, 9.17) is 0 Å². The maximum Gasteiger partial charge on any atom is 0.416 e. The summed E-state index contributed by atoms with van der Waals surface area (Å²) in [7, 11) is 0. The van der Waals surface area contributed by atoms with Crippen LogP contribution < -0.4 is 5.43 Å². The molecule has 0 aliphatic rings. The lowest BCUT2D eigenvalue weighted by Gasteiger charge is -2.08. The summed E-state index contributed by atoms with van der Waals surface area (Å²) in [5.74, 6) is 0. The van der Waals surface area contributed by atoms with Crippen molar-refractivity contribution in [1.29, 1.82) is 0 Å². The lowest BCUT2D eigenvalue weighted by atomic mass is 10.0. The maximum atomic E-state index is 12.4. The first-order valence-electron chi connectivity index (χ1n) is 5.25. The molecule has 0 amide bonds. The fourth-order valence-electron chi connectivity index (χ4n) is 1.77. The van der Waals surface area contributed by atoms with Crippen LogP contribution in [0.15, 0.2) is 41.3 Å². The molecule has 0 spiro atoms. The molecule has 1 heterocycles. The van der Waals surface area contributed by atoms with Crippen molar-refractivity contribution in [2.24, 2.45) is 0 Å². The van der Waals surface area contributed by atoms with Crippen LogP contribution in [0.2, 0.25) is 0 Å². The van der Waals surface area contributed by atoms with Gasteiger partial charge in [0.2, 0.25) is 0 Å². The highest BCUT2D eigenvalue weighted by Gasteiger charge is 2.30. The fraction of sp³-hybridized carbons (Fsp3) is 0.154. The quantitative estimate of drug-likeness (QED) is 0.830. The number of aryl methyl sites for hydroxylation is 1. The number of hydrogen-bond acceptors (Lipinski definition) is 1. The molecule has 1 N–H and O–H groups in total. The van der Waals surface area contributed by atoms with Gasteiger partial charge in [-0.1, -0.05) is 12.1 Å². The van der Waals surface area contributed by atoms with Crippen molar-refractivity contribution >= 4 is 0 Å². The zero-order valence-electron chi connectivity index (χ0n) is 9.51. The van der Waals surface area contributed by atoms with Crippen molar-refractivity contribution in [3.05, 3.63) is 58.0 Å². The lowest BCUT2D eigenvalue weighted by molar-refractivity contribution is -0.137. The van der Waals surface area contributed by atoms with Gasteiger partial charge in [0.1, 0.15) is 0 Å². The number of H-pyrrole nitrogens is 1. The minimum Gasteiger partial charge on any atom is -0.364 e. The van der Waals surface area contributed by atoms with E-state index in [-0.39, 0.29) is 5.43 Å². The smallest absolute Gasteiger partial charge is 0.364 e. The van der Waals surface area contributed by atoms with Crippen molar-refractivity contribution < 1.29 is 13.2 Å². The van der Waals surface area contributed by atoms with E-state index < -0.39 is 11.7 Å². The Morgan fingerprint density at radius 1 is 1.06 bits per heavy atom. The van der Waals surface area contributed by atoms with Crippen LogP contribution in [0.4, 0.5) is 13.2 Å². The van der Waals surface area contributed by atoms with Crippen LogP contribution in [0, 0.1) is 6.92 Å². The summed E-state index contributed by atoms with van der Waals surface area (Å²) in [6.45, 7) is 1.70. The van der Waals surface area contributed by atoms with Crippen molar-refractivity contribution in [3.8, 4) is 11.1 Å². The third-order valence-corrected chi connectivity index (χ3v) is 2.66. The van der Waals surface area contributed by atoms with E-state index in [1.165, 1.54) is 24.4 Å². The van der Waals surface area contributed by atoms with Crippen molar-refractivity contribution in [2.45, 2.75) is 13.1 Å². The molecular formula is C13H10F3NO. The topological polar surface area (TPSA) is 32.9 Å². The number of benzene rings is 1. The molecule has 0 saturated carbocycles. The Hall–Kier alpha value is -2.04. The Kier molecular flexibility index (Phi) is 2.98. The van der Waals surface area contributed by atoms with Gasteiger partial charge in [0.05, 0.1) is 5.56 Å². The summed E-state index contributed by atoms with van der Waals surface area (Å²) in [5, 5.41) is 0. The molecular weight excluding hydrogens is 243 g/mol. The predicted octanol–water partition coefficient (Wildman–Crippen LogP) is 3.37. The van der Waals surface area contributed by atoms with Crippen molar-refractivity contribution in [1.82, 2.24) is 4.98 Å². The average molecular weight is 253 g/mol. The normalized spacial score (nSPS) is 11.6. The molecule has 0 bridgehead atoms. The third-order valence-electron chi connectivity index (χ3n) is 2.66. The molecule has 2 nitrogen and oxygen atoms in total. The van der Waals surface area contributed by atoms with Gasteiger partial charge >= 0.3 is 6.18 Å². The van der Waals surface area contributed by atoms with E-state index >= 15 is 0 Å². The van der Waals surface area contributed by atoms with Gasteiger partial charge in [-0.15, -0.1) is 0 Å². The zero-order chi connectivity index (χ0) is 13.3. The number of rotatable bonds is 1. The first-order valence-corrected chi connectivity index (χ1v) is 5.25. The largest absolute Gasteiger partial charge is 0.416 e. The molecule has 0 fully saturated rings. The average Bonchev–Trinajstić information content (AvgIpc) is 2.28. The Bertz CT molecular complexity index is 611. The molecule has 94 valence electrons. The number of nitrogens with one attached hydrogen (secondary N) is 1. The second-order valence-corrected chi connectivity index (χ2v) is 3.92. The first-order chi connectivity index (χ1) is 8.39. The fourth-order valence-corrected chi connectivity index (χ4v) is 1.77. The van der Waals surface area contributed by atoms with E-state index in [0.29, 0.717) is 16.8 Å². The van der Waals surface area contributed by atoms with E-state index in [2.05, 4.69) is 4.98 Å². The van der Waals surface area contributed by atoms with Gasteiger partial charge in [-0.05, 0) is 24.6 Å². The highest BCUT2D eigenvalue weighted by Crippen LogP contribution is 2.30. The van der Waals surface area contributed by atoms with Gasteiger partial charge < -0.3 is 4.98 Å². The second-order valence-electron chi connectivity index (χ2n) is 3.92. The van der Waals surface area contributed by atoms with Gasteiger partial charge in [0, 0.05) is 23.5 Å². The lowest BCUT2D eigenvalue weighted by Crippen LogP contribution is -2.07. The third kappa shape index (κ3) is 2.30. The number of aromatic amines is 1. The number of hydrogen-bond donors (Lipinski definition) is 1. The van der Waals surface area contributed by atoms with Crippen LogP contribution in [-0.2, 0) is 6.18 Å². The van der Waals surface area contributed by atoms with Crippen LogP contribution in [0.5, 0.6) is 0 Å². The molecule has 1 aromatic heterocycles. The molecule has 1 aromatic carbocycles. The standard InChI is InChI=1S/C13H10F3NO/c1-8-12(11(18)6-7-17-8)9-2-4-10(5-3-9)13(14,15)16/h2-7H,1H3,(H,17,18). The second kappa shape index (κ2) is 4.33. The van der Waals surface area contributed by atoms with Crippen LogP contribution in [0.3, 0.4) is 0 Å². The summed E-state index contributed by atoms with van der Waals surface area (Å²) in [6.07, 6.45) is -2.86. The van der Waals surface area contributed by atoms with Gasteiger partial charge in [-0.25, -0.2) is 0 Å². The van der Waals surface area contributed by atoms with Crippen LogP contribution in [-0.4, -0.2) is 4.98 Å². The minimum atomic E-state index is -4.36. The highest BCUT2D eigenvalue weighted by molar-refractivity contribution is 5.65. The van der Waals surface area contributed by atoms with Gasteiger partial charge in [-0.2, -0.15) is 13.2 Å². The molecule has 0 saturated heterocycles. The van der Waals surface area contributed by atoms with Crippen LogP contribution in [0.25, 0.3) is 11.1 Å². The molecule has 5 heteroatoms. The van der Waals surface area contributed by atoms with Gasteiger partial charge in [-0.3, -0.25) is 4.79 Å². The van der Waals surface area contributed by atoms with Crippen molar-refractivity contribution in [2.75, 3.05) is 0 Å². The van der Waals surface area contributed by atoms with Gasteiger partial charge in [0.15, 0.2) is 5.43 Å². The van der Waals surface area contributed by atoms with E-state index in [9.17, 15) is 18.0 Å². The molecule has 0 aliphatic heterocycles. The number of pyridine rings is 1. The summed E-state index contributed by atoms with van der Waals surface area (Å²) < 4.78 is 37.2. The number of aromatic nitrogens is 1. The molecule has 18 heavy (non-hydrogen) atoms. The Morgan fingerprint density at radius 3 is 2.17 bits per heavy atom. The predicted molar refractivity (Wildman–Crippen MR) is 62.2 cm³/mol. The van der Waals surface area contributed by atoms with Crippen molar-refractivity contribution in [3.63, 3.8) is 0 Å². The minimum absolute atomic E-state index is 0.217. The summed E-state index contributed by atoms with van der Waals surface area (Å²) in [4.78, 5) is 14.5. The molecule has 0 unspecified atom stereocenters. The molecule has 2 rings (SSSR count). The molecule has 0 atom stereocenters. The van der Waals surface area contributed by atoms with E-state index in [0.717, 1.165) is 12.1 Å². The summed E-state index contributed by atoms with van der Waals surface area (Å²) in [6, 6.07) is 5.91. The van der Waals surface area contributed by atoms with E-state index in [1.807, 2.05) is 0 Å². The number of alkyl halides is 3. The van der Waals surface area contributed by atoms with E-state index in [1.54, 1.807) is 6.92 Å². The van der Waals surface area contributed by atoms with Gasteiger partial charge in [0.25, 0.3) is 0 Å². The number of halogens is 3. The molecule has 2 aromatic rings. The summed E-state index contributed by atoms with van der Waals surface area (Å²) in [5.41, 5.74) is 0.554. The zero-order valence-corrected chi connectivity index (χ0v) is 9.51. The molecule has 0 aliphatic carbocycles. The monoisotopic (exact) mass is 253 g/mol. The summed E-state index contributed by atoms with van der Waals surface area (Å²) >= 11 is 0. The Balaban J connectivity index is 2.51. The SMILES string of the molecule is Cc1[nH]ccc(=O)c1-c1ccc(C(F)(F)F)cc1. The maximum absolute atomic E-state index is 12.4. The highest BCUT2D eigenvalue weighted by atomic mass is 19.4. The Morgan fingerprint density at radius 2 is 1.67 bits per heavy atom. The van der Waals surface area contributed by atoms with Crippen LogP contribution >= 0.6 is 0 Å². The Labute approximate surface area is 101 Å². The van der Waals surface area contributed by atoms with Crippen LogP contribution in [0.1, 0.15) is 11.3 Å².